The smallest absolute Gasteiger partial charge is 0.247 e. The summed E-state index contributed by atoms with van der Waals surface area (Å²) in [7, 11) is 0. The third-order valence-electron chi connectivity index (χ3n) is 10.5. The van der Waals surface area contributed by atoms with Crippen LogP contribution in [0.2, 0.25) is 5.02 Å². The maximum Gasteiger partial charge on any atom is 0.247 e. The number of fused-ring (bicyclic) bond motifs is 2. The van der Waals surface area contributed by atoms with Crippen LogP contribution in [0.5, 0.6) is 0 Å². The lowest BCUT2D eigenvalue weighted by molar-refractivity contribution is -0.153. The second kappa shape index (κ2) is 15.6. The van der Waals surface area contributed by atoms with Crippen LogP contribution >= 0.6 is 27.5 Å². The summed E-state index contributed by atoms with van der Waals surface area (Å²) >= 11 is 10.2. The Morgan fingerprint density at radius 3 is 2.59 bits per heavy atom. The van der Waals surface area contributed by atoms with Gasteiger partial charge in [0.1, 0.15) is 6.04 Å². The Hall–Kier alpha value is -3.53. The third-order valence-corrected chi connectivity index (χ3v) is 11.2. The number of pyridine rings is 1. The van der Waals surface area contributed by atoms with Gasteiger partial charge in [-0.2, -0.15) is 0 Å². The number of hydrogen-bond acceptors (Lipinski definition) is 5. The molecule has 3 aliphatic rings. The van der Waals surface area contributed by atoms with Crippen LogP contribution in [0, 0.1) is 5.92 Å². The van der Waals surface area contributed by atoms with Crippen molar-refractivity contribution in [2.75, 3.05) is 26.2 Å². The summed E-state index contributed by atoms with van der Waals surface area (Å²) in [6.07, 6.45) is 15.1. The molecule has 2 atom stereocenters. The molecule has 4 aromatic rings. The van der Waals surface area contributed by atoms with Crippen LogP contribution in [-0.2, 0) is 35.5 Å². The van der Waals surface area contributed by atoms with E-state index in [0.717, 1.165) is 72.2 Å². The SMILES string of the molecule is O=C([C@H]1CN([C@H]2c3ccc(Cl)cc3CCc3cc(Br)cnc32)CCN1C(=O)C1CCCCC1)N(CCCn1ccnc1)Cc1ccccc1. The molecule has 0 unspecified atom stereocenters. The molecule has 10 heteroatoms. The van der Waals surface area contributed by atoms with Gasteiger partial charge in [0.2, 0.25) is 11.8 Å². The molecule has 3 heterocycles. The van der Waals surface area contributed by atoms with E-state index in [-0.39, 0.29) is 23.8 Å². The van der Waals surface area contributed by atoms with E-state index >= 15 is 4.79 Å². The van der Waals surface area contributed by atoms with E-state index in [0.29, 0.717) is 32.7 Å². The molecule has 7 rings (SSSR count). The van der Waals surface area contributed by atoms with Gasteiger partial charge in [0.05, 0.1) is 18.1 Å². The number of benzene rings is 2. The van der Waals surface area contributed by atoms with Crippen molar-refractivity contribution in [3.05, 3.63) is 117 Å². The van der Waals surface area contributed by atoms with Crippen LogP contribution in [0.4, 0.5) is 0 Å². The molecule has 2 aromatic heterocycles. The molecule has 49 heavy (non-hydrogen) atoms. The summed E-state index contributed by atoms with van der Waals surface area (Å²) in [6.45, 7) is 3.44. The maximum atomic E-state index is 15.0. The Bertz CT molecular complexity index is 1690. The lowest BCUT2D eigenvalue weighted by Crippen LogP contribution is -2.62. The highest BCUT2D eigenvalue weighted by Crippen LogP contribution is 2.39. The number of hydrogen-bond donors (Lipinski definition) is 0. The molecule has 0 N–H and O–H groups in total. The molecule has 256 valence electrons. The highest BCUT2D eigenvalue weighted by Gasteiger charge is 2.43. The van der Waals surface area contributed by atoms with Crippen LogP contribution in [0.25, 0.3) is 0 Å². The first-order valence-electron chi connectivity index (χ1n) is 17.7. The van der Waals surface area contributed by atoms with E-state index in [4.69, 9.17) is 16.6 Å². The lowest BCUT2D eigenvalue weighted by atomic mass is 9.87. The highest BCUT2D eigenvalue weighted by molar-refractivity contribution is 9.10. The molecular formula is C39H44BrClN6O2. The molecule has 8 nitrogen and oxygen atoms in total. The number of carbonyl (C=O) groups excluding carboxylic acids is 2. The first-order chi connectivity index (χ1) is 23.9. The number of rotatable bonds is 9. The standard InChI is InChI=1S/C39H44BrClN6O2/c40-32-22-31-13-12-30-23-33(41)14-15-34(30)37(36(31)43-24-32)45-20-21-47(38(48)29-10-5-2-6-11-29)35(26-45)39(49)46(25-28-8-3-1-4-9-28)18-7-17-44-19-16-42-27-44/h1,3-4,8-9,14-16,19,22-24,27,29,35,37H,2,5-7,10-13,17-18,20-21,25-26H2/t35-,37+/m1/s1. The molecular weight excluding hydrogens is 700 g/mol. The zero-order valence-corrected chi connectivity index (χ0v) is 30.2. The Labute approximate surface area is 302 Å². The fraction of sp³-hybridized carbons (Fsp3) is 0.436. The fourth-order valence-corrected chi connectivity index (χ4v) is 8.60. The number of amides is 2. The summed E-state index contributed by atoms with van der Waals surface area (Å²) < 4.78 is 3.00. The van der Waals surface area contributed by atoms with Crippen molar-refractivity contribution in [3.8, 4) is 0 Å². The van der Waals surface area contributed by atoms with Gasteiger partial charge in [-0.15, -0.1) is 0 Å². The van der Waals surface area contributed by atoms with Gasteiger partial charge in [0.15, 0.2) is 0 Å². The number of imidazole rings is 1. The second-order valence-corrected chi connectivity index (χ2v) is 15.1. The minimum atomic E-state index is -0.599. The average Bonchev–Trinajstić information content (AvgIpc) is 3.60. The normalized spacial score (nSPS) is 19.9. The van der Waals surface area contributed by atoms with Crippen molar-refractivity contribution in [1.82, 2.24) is 29.2 Å². The summed E-state index contributed by atoms with van der Waals surface area (Å²) in [5.74, 6) is 0.142. The van der Waals surface area contributed by atoms with Gasteiger partial charge >= 0.3 is 0 Å². The predicted octanol–water partition coefficient (Wildman–Crippen LogP) is 7.09. The van der Waals surface area contributed by atoms with Crippen LogP contribution in [0.15, 0.2) is 84.0 Å². The Balaban J connectivity index is 1.23. The van der Waals surface area contributed by atoms with E-state index in [1.54, 1.807) is 6.20 Å². The van der Waals surface area contributed by atoms with Crippen molar-refractivity contribution < 1.29 is 9.59 Å². The summed E-state index contributed by atoms with van der Waals surface area (Å²) in [6, 6.07) is 17.8. The Kier molecular flexibility index (Phi) is 10.8. The zero-order valence-electron chi connectivity index (χ0n) is 27.9. The van der Waals surface area contributed by atoms with E-state index in [1.165, 1.54) is 23.1 Å². The van der Waals surface area contributed by atoms with Crippen molar-refractivity contribution in [3.63, 3.8) is 0 Å². The zero-order chi connectivity index (χ0) is 33.7. The van der Waals surface area contributed by atoms with E-state index in [1.807, 2.05) is 57.4 Å². The second-order valence-electron chi connectivity index (χ2n) is 13.7. The van der Waals surface area contributed by atoms with Crippen LogP contribution in [0.1, 0.15) is 72.5 Å². The molecule has 0 radical (unpaired) electrons. The van der Waals surface area contributed by atoms with Crippen molar-refractivity contribution in [2.45, 2.75) is 76.5 Å². The van der Waals surface area contributed by atoms with Crippen molar-refractivity contribution >= 4 is 39.3 Å². The average molecular weight is 744 g/mol. The molecule has 2 fully saturated rings. The minimum absolute atomic E-state index is 0.0114. The lowest BCUT2D eigenvalue weighted by Gasteiger charge is -2.46. The monoisotopic (exact) mass is 742 g/mol. The summed E-state index contributed by atoms with van der Waals surface area (Å²) in [5, 5.41) is 0.723. The van der Waals surface area contributed by atoms with Gasteiger partial charge in [-0.25, -0.2) is 4.98 Å². The van der Waals surface area contributed by atoms with E-state index in [2.05, 4.69) is 56.1 Å². The van der Waals surface area contributed by atoms with Crippen LogP contribution in [-0.4, -0.2) is 73.3 Å². The van der Waals surface area contributed by atoms with Gasteiger partial charge in [0.25, 0.3) is 0 Å². The van der Waals surface area contributed by atoms with Gasteiger partial charge in [0, 0.05) is 73.3 Å². The van der Waals surface area contributed by atoms with Crippen molar-refractivity contribution in [1.29, 1.82) is 0 Å². The van der Waals surface area contributed by atoms with Crippen LogP contribution < -0.4 is 0 Å². The fourth-order valence-electron chi connectivity index (χ4n) is 8.02. The predicted molar refractivity (Wildman–Crippen MR) is 195 cm³/mol. The van der Waals surface area contributed by atoms with Crippen molar-refractivity contribution in [2.24, 2.45) is 5.92 Å². The number of nitrogens with zero attached hydrogens (tertiary/aromatic N) is 6. The number of piperazine rings is 1. The Morgan fingerprint density at radius 1 is 0.980 bits per heavy atom. The molecule has 2 aliphatic carbocycles. The molecule has 0 spiro atoms. The summed E-state index contributed by atoms with van der Waals surface area (Å²) in [5.41, 5.74) is 5.68. The third kappa shape index (κ3) is 7.79. The van der Waals surface area contributed by atoms with Gasteiger partial charge in [-0.1, -0.05) is 67.3 Å². The first-order valence-corrected chi connectivity index (χ1v) is 18.9. The minimum Gasteiger partial charge on any atom is -0.337 e. The molecule has 2 amide bonds. The molecule has 1 saturated heterocycles. The molecule has 1 saturated carbocycles. The molecule has 2 aromatic carbocycles. The number of aryl methyl sites for hydroxylation is 3. The first kappa shape index (κ1) is 33.9. The van der Waals surface area contributed by atoms with E-state index < -0.39 is 6.04 Å². The molecule has 1 aliphatic heterocycles. The summed E-state index contributed by atoms with van der Waals surface area (Å²) in [4.78, 5) is 44.9. The van der Waals surface area contributed by atoms with Gasteiger partial charge in [-0.3, -0.25) is 19.5 Å². The topological polar surface area (TPSA) is 74.6 Å². The number of halogens is 2. The van der Waals surface area contributed by atoms with Gasteiger partial charge < -0.3 is 14.4 Å². The largest absolute Gasteiger partial charge is 0.337 e. The maximum absolute atomic E-state index is 15.0. The number of aromatic nitrogens is 3. The van der Waals surface area contributed by atoms with E-state index in [9.17, 15) is 4.79 Å². The highest BCUT2D eigenvalue weighted by atomic mass is 79.9. The molecule has 0 bridgehead atoms. The Morgan fingerprint density at radius 2 is 1.80 bits per heavy atom. The quantitative estimate of drug-likeness (QED) is 0.183. The van der Waals surface area contributed by atoms with Gasteiger partial charge in [-0.05, 0) is 88.5 Å². The number of carbonyl (C=O) groups is 2. The van der Waals surface area contributed by atoms with Crippen LogP contribution in [0.3, 0.4) is 0 Å².